The molecular weight excluding hydrogens is 260 g/mol. The first-order valence-electron chi connectivity index (χ1n) is 6.52. The number of hydrogen-bond donors (Lipinski definition) is 2. The lowest BCUT2D eigenvalue weighted by atomic mass is 9.91. The topological polar surface area (TPSA) is 72.2 Å². The average Bonchev–Trinajstić information content (AvgIpc) is 2.63. The SMILES string of the molecule is CC1(NCC(C)(N)c2ccccc2)CCS(=O)(=O)C1. The Hall–Kier alpha value is -0.910. The highest BCUT2D eigenvalue weighted by Crippen LogP contribution is 2.24. The van der Waals surface area contributed by atoms with Crippen LogP contribution in [-0.4, -0.2) is 32.0 Å². The zero-order chi connectivity index (χ0) is 14.1. The molecule has 2 atom stereocenters. The van der Waals surface area contributed by atoms with Crippen molar-refractivity contribution in [2.24, 2.45) is 5.73 Å². The maximum Gasteiger partial charge on any atom is 0.152 e. The van der Waals surface area contributed by atoms with Gasteiger partial charge in [0.05, 0.1) is 17.0 Å². The Labute approximate surface area is 115 Å². The Balaban J connectivity index is 2.03. The van der Waals surface area contributed by atoms with Crippen molar-refractivity contribution in [1.29, 1.82) is 0 Å². The van der Waals surface area contributed by atoms with Gasteiger partial charge >= 0.3 is 0 Å². The first-order valence-corrected chi connectivity index (χ1v) is 8.35. The summed E-state index contributed by atoms with van der Waals surface area (Å²) in [5.41, 5.74) is 6.52. The minimum atomic E-state index is -2.89. The van der Waals surface area contributed by atoms with Gasteiger partial charge in [-0.3, -0.25) is 0 Å². The van der Waals surface area contributed by atoms with E-state index in [1.165, 1.54) is 0 Å². The number of benzene rings is 1. The average molecular weight is 282 g/mol. The van der Waals surface area contributed by atoms with Gasteiger partial charge in [0, 0.05) is 12.1 Å². The van der Waals surface area contributed by atoms with E-state index >= 15 is 0 Å². The molecule has 19 heavy (non-hydrogen) atoms. The third kappa shape index (κ3) is 3.55. The molecule has 0 bridgehead atoms. The Morgan fingerprint density at radius 2 is 2.00 bits per heavy atom. The summed E-state index contributed by atoms with van der Waals surface area (Å²) in [5.74, 6) is 0.466. The Kier molecular flexibility index (Phi) is 3.73. The number of rotatable bonds is 4. The van der Waals surface area contributed by atoms with Crippen molar-refractivity contribution in [3.63, 3.8) is 0 Å². The molecule has 0 radical (unpaired) electrons. The van der Waals surface area contributed by atoms with E-state index in [0.717, 1.165) is 5.56 Å². The van der Waals surface area contributed by atoms with E-state index in [4.69, 9.17) is 5.73 Å². The van der Waals surface area contributed by atoms with Crippen LogP contribution < -0.4 is 11.1 Å². The fraction of sp³-hybridized carbons (Fsp3) is 0.571. The lowest BCUT2D eigenvalue weighted by Gasteiger charge is -2.32. The van der Waals surface area contributed by atoms with E-state index in [9.17, 15) is 8.42 Å². The van der Waals surface area contributed by atoms with Crippen molar-refractivity contribution >= 4 is 9.84 Å². The summed E-state index contributed by atoms with van der Waals surface area (Å²) >= 11 is 0. The fourth-order valence-corrected chi connectivity index (χ4v) is 4.59. The van der Waals surface area contributed by atoms with Gasteiger partial charge in [-0.05, 0) is 25.8 Å². The highest BCUT2D eigenvalue weighted by atomic mass is 32.2. The molecule has 4 nitrogen and oxygen atoms in total. The summed E-state index contributed by atoms with van der Waals surface area (Å²) < 4.78 is 23.1. The number of nitrogens with two attached hydrogens (primary N) is 1. The molecule has 1 saturated heterocycles. The summed E-state index contributed by atoms with van der Waals surface area (Å²) in [4.78, 5) is 0. The monoisotopic (exact) mass is 282 g/mol. The second-order valence-corrected chi connectivity index (χ2v) is 8.22. The fourth-order valence-electron chi connectivity index (χ4n) is 2.47. The number of hydrogen-bond acceptors (Lipinski definition) is 4. The Bertz CT molecular complexity index is 540. The predicted molar refractivity (Wildman–Crippen MR) is 77.7 cm³/mol. The minimum absolute atomic E-state index is 0.199. The van der Waals surface area contributed by atoms with Crippen LogP contribution in [0.5, 0.6) is 0 Å². The van der Waals surface area contributed by atoms with Gasteiger partial charge in [0.2, 0.25) is 0 Å². The molecule has 1 aliphatic rings. The zero-order valence-corrected chi connectivity index (χ0v) is 12.3. The van der Waals surface area contributed by atoms with Crippen molar-refractivity contribution in [2.75, 3.05) is 18.1 Å². The van der Waals surface area contributed by atoms with E-state index in [1.807, 2.05) is 44.2 Å². The van der Waals surface area contributed by atoms with Gasteiger partial charge in [-0.2, -0.15) is 0 Å². The van der Waals surface area contributed by atoms with Crippen LogP contribution in [0.3, 0.4) is 0 Å². The molecule has 0 amide bonds. The molecule has 2 rings (SSSR count). The van der Waals surface area contributed by atoms with Crippen molar-refractivity contribution < 1.29 is 8.42 Å². The van der Waals surface area contributed by atoms with E-state index in [1.54, 1.807) is 0 Å². The molecule has 0 spiro atoms. The van der Waals surface area contributed by atoms with Crippen molar-refractivity contribution in [3.8, 4) is 0 Å². The highest BCUT2D eigenvalue weighted by Gasteiger charge is 2.39. The van der Waals surface area contributed by atoms with Gasteiger partial charge in [-0.15, -0.1) is 0 Å². The van der Waals surface area contributed by atoms with Crippen LogP contribution >= 0.6 is 0 Å². The molecule has 5 heteroatoms. The van der Waals surface area contributed by atoms with Gasteiger partial charge in [-0.25, -0.2) is 8.42 Å². The molecule has 1 heterocycles. The van der Waals surface area contributed by atoms with Crippen molar-refractivity contribution in [1.82, 2.24) is 5.32 Å². The summed E-state index contributed by atoms with van der Waals surface area (Å²) in [6.45, 7) is 4.48. The van der Waals surface area contributed by atoms with Crippen LogP contribution in [-0.2, 0) is 15.4 Å². The zero-order valence-electron chi connectivity index (χ0n) is 11.5. The number of sulfone groups is 1. The molecule has 3 N–H and O–H groups in total. The summed E-state index contributed by atoms with van der Waals surface area (Å²) in [7, 11) is -2.89. The van der Waals surface area contributed by atoms with Crippen LogP contribution in [0.25, 0.3) is 0 Å². The lowest BCUT2D eigenvalue weighted by Crippen LogP contribution is -2.52. The van der Waals surface area contributed by atoms with Crippen LogP contribution in [0.4, 0.5) is 0 Å². The maximum absolute atomic E-state index is 11.6. The smallest absolute Gasteiger partial charge is 0.152 e. The molecule has 1 aromatic carbocycles. The quantitative estimate of drug-likeness (QED) is 0.865. The molecule has 0 saturated carbocycles. The largest absolute Gasteiger partial charge is 0.321 e. The third-order valence-corrected chi connectivity index (χ3v) is 5.72. The summed E-state index contributed by atoms with van der Waals surface area (Å²) in [5, 5.41) is 3.35. The lowest BCUT2D eigenvalue weighted by molar-refractivity contribution is 0.337. The maximum atomic E-state index is 11.6. The minimum Gasteiger partial charge on any atom is -0.321 e. The molecule has 1 aliphatic heterocycles. The van der Waals surface area contributed by atoms with E-state index in [0.29, 0.717) is 13.0 Å². The van der Waals surface area contributed by atoms with Crippen LogP contribution in [0.1, 0.15) is 25.8 Å². The first-order chi connectivity index (χ1) is 8.73. The van der Waals surface area contributed by atoms with E-state index < -0.39 is 15.4 Å². The Morgan fingerprint density at radius 1 is 1.37 bits per heavy atom. The third-order valence-electron chi connectivity index (χ3n) is 3.82. The first kappa shape index (κ1) is 14.5. The molecule has 0 aromatic heterocycles. The van der Waals surface area contributed by atoms with Gasteiger partial charge in [-0.1, -0.05) is 30.3 Å². The molecule has 2 unspecified atom stereocenters. The predicted octanol–water partition coefficient (Wildman–Crippen LogP) is 1.03. The van der Waals surface area contributed by atoms with Crippen molar-refractivity contribution in [3.05, 3.63) is 35.9 Å². The summed E-state index contributed by atoms with van der Waals surface area (Å²) in [6, 6.07) is 9.87. The van der Waals surface area contributed by atoms with Crippen LogP contribution in [0.2, 0.25) is 0 Å². The van der Waals surface area contributed by atoms with Gasteiger partial charge in [0.15, 0.2) is 9.84 Å². The molecule has 1 aromatic rings. The molecule has 1 fully saturated rings. The number of nitrogens with one attached hydrogen (secondary N) is 1. The highest BCUT2D eigenvalue weighted by molar-refractivity contribution is 7.91. The van der Waals surface area contributed by atoms with Gasteiger partial charge in [0.25, 0.3) is 0 Å². The van der Waals surface area contributed by atoms with E-state index in [-0.39, 0.29) is 17.0 Å². The second-order valence-electron chi connectivity index (χ2n) is 6.04. The molecule has 106 valence electrons. The standard InChI is InChI=1S/C14H22N2O2S/c1-13(8-9-19(17,18)11-13)16-10-14(2,15)12-6-4-3-5-7-12/h3-7,16H,8-11,15H2,1-2H3. The molecule has 0 aliphatic carbocycles. The Morgan fingerprint density at radius 3 is 2.53 bits per heavy atom. The van der Waals surface area contributed by atoms with E-state index in [2.05, 4.69) is 5.32 Å². The molecular formula is C14H22N2O2S. The van der Waals surface area contributed by atoms with Crippen LogP contribution in [0.15, 0.2) is 30.3 Å². The summed E-state index contributed by atoms with van der Waals surface area (Å²) in [6.07, 6.45) is 0.653. The normalized spacial score (nSPS) is 29.0. The van der Waals surface area contributed by atoms with Gasteiger partial charge < -0.3 is 11.1 Å². The second kappa shape index (κ2) is 4.89. The van der Waals surface area contributed by atoms with Crippen molar-refractivity contribution in [2.45, 2.75) is 31.3 Å². The van der Waals surface area contributed by atoms with Crippen LogP contribution in [0, 0.1) is 0 Å². The van der Waals surface area contributed by atoms with Gasteiger partial charge in [0.1, 0.15) is 0 Å².